The lowest BCUT2D eigenvalue weighted by atomic mass is 10.1. The second-order valence-electron chi connectivity index (χ2n) is 4.15. The van der Waals surface area contributed by atoms with Crippen LogP contribution in [0.2, 0.25) is 5.02 Å². The van der Waals surface area contributed by atoms with Crippen LogP contribution in [0.15, 0.2) is 42.5 Å². The Hall–Kier alpha value is -2.53. The number of carboxylic acid groups (broad SMARTS) is 1. The molecule has 0 aliphatic carbocycles. The molecule has 6 heteroatoms. The van der Waals surface area contributed by atoms with Crippen molar-refractivity contribution in [2.45, 2.75) is 0 Å². The van der Waals surface area contributed by atoms with E-state index < -0.39 is 11.9 Å². The van der Waals surface area contributed by atoms with E-state index in [-0.39, 0.29) is 16.8 Å². The van der Waals surface area contributed by atoms with Gasteiger partial charge in [-0.3, -0.25) is 4.79 Å². The lowest BCUT2D eigenvalue weighted by Crippen LogP contribution is -2.15. The van der Waals surface area contributed by atoms with Gasteiger partial charge in [-0.25, -0.2) is 4.79 Å². The summed E-state index contributed by atoms with van der Waals surface area (Å²) in [4.78, 5) is 23.4. The van der Waals surface area contributed by atoms with Gasteiger partial charge in [-0.05, 0) is 30.3 Å². The first kappa shape index (κ1) is 14.9. The number of aromatic carboxylic acids is 1. The molecule has 0 spiro atoms. The average molecular weight is 306 g/mol. The molecule has 2 rings (SSSR count). The molecule has 0 bridgehead atoms. The molecule has 108 valence electrons. The molecule has 0 unspecified atom stereocenters. The first-order chi connectivity index (χ1) is 10.0. The zero-order valence-electron chi connectivity index (χ0n) is 11.1. The highest BCUT2D eigenvalue weighted by Gasteiger charge is 2.16. The Morgan fingerprint density at radius 2 is 1.86 bits per heavy atom. The van der Waals surface area contributed by atoms with Crippen LogP contribution in [0.5, 0.6) is 5.75 Å². The first-order valence-electron chi connectivity index (χ1n) is 6.00. The van der Waals surface area contributed by atoms with Crippen LogP contribution in [0.25, 0.3) is 0 Å². The molecule has 0 aliphatic heterocycles. The summed E-state index contributed by atoms with van der Waals surface area (Å²) >= 11 is 5.94. The number of amides is 1. The Morgan fingerprint density at radius 1 is 1.14 bits per heavy atom. The van der Waals surface area contributed by atoms with Crippen LogP contribution in [0.3, 0.4) is 0 Å². The summed E-state index contributed by atoms with van der Waals surface area (Å²) in [6.07, 6.45) is 0. The van der Waals surface area contributed by atoms with Crippen molar-refractivity contribution in [3.63, 3.8) is 0 Å². The minimum Gasteiger partial charge on any atom is -0.497 e. The van der Waals surface area contributed by atoms with Crippen LogP contribution in [0.1, 0.15) is 20.7 Å². The van der Waals surface area contributed by atoms with Gasteiger partial charge in [-0.1, -0.05) is 23.7 Å². The Morgan fingerprint density at radius 3 is 2.48 bits per heavy atom. The maximum absolute atomic E-state index is 12.1. The fourth-order valence-electron chi connectivity index (χ4n) is 1.77. The summed E-state index contributed by atoms with van der Waals surface area (Å²) in [6, 6.07) is 10.9. The molecule has 0 fully saturated rings. The van der Waals surface area contributed by atoms with Gasteiger partial charge >= 0.3 is 5.97 Å². The summed E-state index contributed by atoms with van der Waals surface area (Å²) in [6.45, 7) is 0. The predicted molar refractivity (Wildman–Crippen MR) is 79.4 cm³/mol. The molecular formula is C15H12ClNO4. The highest BCUT2D eigenvalue weighted by atomic mass is 35.5. The SMILES string of the molecule is COc1ccc(NC(=O)c2ccccc2Cl)c(C(=O)O)c1. The van der Waals surface area contributed by atoms with Crippen LogP contribution in [-0.2, 0) is 0 Å². The number of carbonyl (C=O) groups excluding carboxylic acids is 1. The Labute approximate surface area is 126 Å². The van der Waals surface area contributed by atoms with E-state index in [1.807, 2.05) is 0 Å². The van der Waals surface area contributed by atoms with E-state index in [2.05, 4.69) is 5.32 Å². The molecule has 21 heavy (non-hydrogen) atoms. The molecule has 2 aromatic carbocycles. The lowest BCUT2D eigenvalue weighted by Gasteiger charge is -2.10. The summed E-state index contributed by atoms with van der Waals surface area (Å²) in [5.74, 6) is -1.25. The summed E-state index contributed by atoms with van der Waals surface area (Å²) < 4.78 is 4.97. The normalized spacial score (nSPS) is 10.0. The molecule has 0 aliphatic rings. The lowest BCUT2D eigenvalue weighted by molar-refractivity contribution is 0.0697. The van der Waals surface area contributed by atoms with Crippen LogP contribution in [-0.4, -0.2) is 24.1 Å². The van der Waals surface area contributed by atoms with Crippen molar-refractivity contribution in [2.75, 3.05) is 12.4 Å². The highest BCUT2D eigenvalue weighted by molar-refractivity contribution is 6.34. The maximum atomic E-state index is 12.1. The van der Waals surface area contributed by atoms with Gasteiger partial charge in [0.05, 0.1) is 28.9 Å². The fourth-order valence-corrected chi connectivity index (χ4v) is 1.99. The van der Waals surface area contributed by atoms with Crippen molar-refractivity contribution in [2.24, 2.45) is 0 Å². The number of methoxy groups -OCH3 is 1. The van der Waals surface area contributed by atoms with Gasteiger partial charge in [0.1, 0.15) is 5.75 Å². The van der Waals surface area contributed by atoms with Gasteiger partial charge in [0.15, 0.2) is 0 Å². The van der Waals surface area contributed by atoms with Crippen molar-refractivity contribution in [3.8, 4) is 5.75 Å². The molecule has 0 radical (unpaired) electrons. The van der Waals surface area contributed by atoms with E-state index >= 15 is 0 Å². The van der Waals surface area contributed by atoms with Crippen LogP contribution in [0.4, 0.5) is 5.69 Å². The van der Waals surface area contributed by atoms with Crippen LogP contribution in [0, 0.1) is 0 Å². The Balaban J connectivity index is 2.33. The number of halogens is 1. The number of benzene rings is 2. The number of hydrogen-bond donors (Lipinski definition) is 2. The van der Waals surface area contributed by atoms with Gasteiger partial charge in [-0.15, -0.1) is 0 Å². The topological polar surface area (TPSA) is 75.6 Å². The molecule has 5 nitrogen and oxygen atoms in total. The molecule has 1 amide bonds. The number of anilines is 1. The van der Waals surface area contributed by atoms with Gasteiger partial charge in [0.25, 0.3) is 5.91 Å². The van der Waals surface area contributed by atoms with E-state index in [9.17, 15) is 14.7 Å². The van der Waals surface area contributed by atoms with Crippen molar-refractivity contribution in [1.82, 2.24) is 0 Å². The molecule has 2 N–H and O–H groups in total. The van der Waals surface area contributed by atoms with Crippen molar-refractivity contribution >= 4 is 29.2 Å². The van der Waals surface area contributed by atoms with E-state index in [1.165, 1.54) is 19.2 Å². The monoisotopic (exact) mass is 305 g/mol. The zero-order valence-corrected chi connectivity index (χ0v) is 11.8. The smallest absolute Gasteiger partial charge is 0.337 e. The Kier molecular flexibility index (Phi) is 4.45. The van der Waals surface area contributed by atoms with Crippen LogP contribution >= 0.6 is 11.6 Å². The third kappa shape index (κ3) is 3.32. The number of carboxylic acids is 1. The maximum Gasteiger partial charge on any atom is 0.337 e. The zero-order chi connectivity index (χ0) is 15.4. The molecule has 0 saturated heterocycles. The fraction of sp³-hybridized carbons (Fsp3) is 0.0667. The van der Waals surface area contributed by atoms with E-state index in [0.717, 1.165) is 0 Å². The minimum atomic E-state index is -1.16. The van der Waals surface area contributed by atoms with E-state index in [4.69, 9.17) is 16.3 Å². The third-order valence-corrected chi connectivity index (χ3v) is 3.15. The third-order valence-electron chi connectivity index (χ3n) is 2.82. The standard InChI is InChI=1S/C15H12ClNO4/c1-21-9-6-7-13(11(8-9)15(19)20)17-14(18)10-4-2-3-5-12(10)16/h2-8H,1H3,(H,17,18)(H,19,20). The van der Waals surface area contributed by atoms with Crippen molar-refractivity contribution in [1.29, 1.82) is 0 Å². The molecule has 0 heterocycles. The quantitative estimate of drug-likeness (QED) is 0.908. The first-order valence-corrected chi connectivity index (χ1v) is 6.38. The second-order valence-corrected chi connectivity index (χ2v) is 4.56. The average Bonchev–Trinajstić information content (AvgIpc) is 2.47. The van der Waals surface area contributed by atoms with Crippen LogP contribution < -0.4 is 10.1 Å². The predicted octanol–water partition coefficient (Wildman–Crippen LogP) is 3.30. The number of ether oxygens (including phenoxy) is 1. The largest absolute Gasteiger partial charge is 0.497 e. The van der Waals surface area contributed by atoms with E-state index in [1.54, 1.807) is 30.3 Å². The van der Waals surface area contributed by atoms with Gasteiger partial charge in [-0.2, -0.15) is 0 Å². The highest BCUT2D eigenvalue weighted by Crippen LogP contribution is 2.24. The molecular weight excluding hydrogens is 294 g/mol. The van der Waals surface area contributed by atoms with Gasteiger partial charge in [0.2, 0.25) is 0 Å². The summed E-state index contributed by atoms with van der Waals surface area (Å²) in [5, 5.41) is 12.0. The number of rotatable bonds is 4. The molecule has 0 saturated carbocycles. The van der Waals surface area contributed by atoms with Gasteiger partial charge in [0, 0.05) is 0 Å². The Bertz CT molecular complexity index is 700. The van der Waals surface area contributed by atoms with Crippen molar-refractivity contribution < 1.29 is 19.4 Å². The number of carbonyl (C=O) groups is 2. The molecule has 0 atom stereocenters. The number of nitrogens with one attached hydrogen (secondary N) is 1. The summed E-state index contributed by atoms with van der Waals surface area (Å²) in [7, 11) is 1.43. The number of hydrogen-bond acceptors (Lipinski definition) is 3. The van der Waals surface area contributed by atoms with Gasteiger partial charge < -0.3 is 15.2 Å². The molecule has 2 aromatic rings. The van der Waals surface area contributed by atoms with E-state index in [0.29, 0.717) is 10.8 Å². The second kappa shape index (κ2) is 6.28. The van der Waals surface area contributed by atoms with Crippen molar-refractivity contribution in [3.05, 3.63) is 58.6 Å². The summed E-state index contributed by atoms with van der Waals surface area (Å²) in [5.41, 5.74) is 0.384. The molecule has 0 aromatic heterocycles. The minimum absolute atomic E-state index is 0.0604.